The van der Waals surface area contributed by atoms with Gasteiger partial charge in [-0.2, -0.15) is 0 Å². The molecule has 2 aliphatic heterocycles. The molecule has 3 heteroatoms. The van der Waals surface area contributed by atoms with Crippen molar-refractivity contribution in [1.29, 1.82) is 0 Å². The monoisotopic (exact) mass is 310 g/mol. The third-order valence-corrected chi connectivity index (χ3v) is 6.00. The summed E-state index contributed by atoms with van der Waals surface area (Å²) in [6.07, 6.45) is 9.29. The molecule has 3 nitrogen and oxygen atoms in total. The molecule has 0 amide bonds. The second-order valence-corrected chi connectivity index (χ2v) is 8.21. The average molecular weight is 311 g/mol. The van der Waals surface area contributed by atoms with Crippen LogP contribution < -0.4 is 0 Å². The van der Waals surface area contributed by atoms with Crippen molar-refractivity contribution in [3.05, 3.63) is 0 Å². The molecule has 0 aromatic rings. The Morgan fingerprint density at radius 2 is 1.50 bits per heavy atom. The number of nitrogens with zero attached hydrogens (tertiary/aromatic N) is 2. The van der Waals surface area contributed by atoms with Crippen molar-refractivity contribution in [3.8, 4) is 0 Å². The van der Waals surface area contributed by atoms with Crippen LogP contribution in [0.25, 0.3) is 0 Å². The minimum Gasteiger partial charge on any atom is -0.393 e. The topological polar surface area (TPSA) is 26.7 Å². The van der Waals surface area contributed by atoms with Gasteiger partial charge in [0.15, 0.2) is 0 Å². The van der Waals surface area contributed by atoms with Crippen LogP contribution in [0.2, 0.25) is 0 Å². The number of hydrogen-bond donors (Lipinski definition) is 1. The Morgan fingerprint density at radius 1 is 0.909 bits per heavy atom. The lowest BCUT2D eigenvalue weighted by Crippen LogP contribution is -2.39. The summed E-state index contributed by atoms with van der Waals surface area (Å²) in [5.74, 6) is 2.97. The molecule has 22 heavy (non-hydrogen) atoms. The summed E-state index contributed by atoms with van der Waals surface area (Å²) in [7, 11) is 2.09. The maximum absolute atomic E-state index is 9.00. The Morgan fingerprint density at radius 3 is 1.91 bits per heavy atom. The zero-order valence-corrected chi connectivity index (χ0v) is 15.1. The van der Waals surface area contributed by atoms with Crippen molar-refractivity contribution >= 4 is 0 Å². The summed E-state index contributed by atoms with van der Waals surface area (Å²) in [6.45, 7) is 11.0. The first-order valence-corrected chi connectivity index (χ1v) is 9.63. The predicted molar refractivity (Wildman–Crippen MR) is 94.1 cm³/mol. The maximum atomic E-state index is 9.00. The molecule has 2 heterocycles. The van der Waals surface area contributed by atoms with Crippen LogP contribution in [0.3, 0.4) is 0 Å². The van der Waals surface area contributed by atoms with Gasteiger partial charge in [-0.3, -0.25) is 0 Å². The smallest absolute Gasteiger partial charge is 0.0564 e. The Hall–Kier alpha value is -0.120. The summed E-state index contributed by atoms with van der Waals surface area (Å²) in [6, 6.07) is 0. The maximum Gasteiger partial charge on any atom is 0.0564 e. The van der Waals surface area contributed by atoms with Crippen molar-refractivity contribution in [2.75, 3.05) is 39.8 Å². The summed E-state index contributed by atoms with van der Waals surface area (Å²) in [5.41, 5.74) is 0. The van der Waals surface area contributed by atoms with E-state index in [0.717, 1.165) is 43.7 Å². The van der Waals surface area contributed by atoms with E-state index in [1.54, 1.807) is 0 Å². The third kappa shape index (κ3) is 6.17. The zero-order valence-electron chi connectivity index (χ0n) is 15.1. The Kier molecular flexibility index (Phi) is 7.66. The Bertz CT molecular complexity index is 278. The van der Waals surface area contributed by atoms with Gasteiger partial charge in [-0.15, -0.1) is 0 Å². The van der Waals surface area contributed by atoms with Gasteiger partial charge in [-0.1, -0.05) is 20.3 Å². The van der Waals surface area contributed by atoms with Crippen molar-refractivity contribution < 1.29 is 5.11 Å². The molecule has 3 rings (SSSR count). The van der Waals surface area contributed by atoms with Gasteiger partial charge in [0.05, 0.1) is 6.10 Å². The third-order valence-electron chi connectivity index (χ3n) is 6.00. The second-order valence-electron chi connectivity index (χ2n) is 8.21. The standard InChI is InChI=1S/C13H25N.C6H13NO/c1-11(2)13-6-8-14(9-7-13)10-12-4-3-5-12;1-7-4-2-6(8)3-5-7/h11-13H,3-10H2,1-2H3;6,8H,2-5H2,1H3. The van der Waals surface area contributed by atoms with Crippen LogP contribution in [0.5, 0.6) is 0 Å². The first-order chi connectivity index (χ1) is 10.5. The van der Waals surface area contributed by atoms with E-state index in [9.17, 15) is 0 Å². The van der Waals surface area contributed by atoms with Crippen molar-refractivity contribution in [2.45, 2.75) is 64.9 Å². The lowest BCUT2D eigenvalue weighted by molar-refractivity contribution is 0.0943. The van der Waals surface area contributed by atoms with Crippen molar-refractivity contribution in [1.82, 2.24) is 9.80 Å². The van der Waals surface area contributed by atoms with E-state index in [1.165, 1.54) is 51.7 Å². The lowest BCUT2D eigenvalue weighted by atomic mass is 9.83. The molecule has 2 saturated heterocycles. The fourth-order valence-corrected chi connectivity index (χ4v) is 3.84. The van der Waals surface area contributed by atoms with Gasteiger partial charge in [0.2, 0.25) is 0 Å². The molecule has 0 spiro atoms. The zero-order chi connectivity index (χ0) is 15.9. The van der Waals surface area contributed by atoms with E-state index in [4.69, 9.17) is 5.11 Å². The molecule has 3 fully saturated rings. The quantitative estimate of drug-likeness (QED) is 0.867. The summed E-state index contributed by atoms with van der Waals surface area (Å²) < 4.78 is 0. The number of aliphatic hydroxyl groups is 1. The van der Waals surface area contributed by atoms with Gasteiger partial charge >= 0.3 is 0 Å². The summed E-state index contributed by atoms with van der Waals surface area (Å²) in [5, 5.41) is 9.00. The van der Waals surface area contributed by atoms with Gasteiger partial charge in [-0.05, 0) is 76.4 Å². The fraction of sp³-hybridized carbons (Fsp3) is 1.00. The average Bonchev–Trinajstić information content (AvgIpc) is 2.47. The van der Waals surface area contributed by atoms with Crippen LogP contribution in [0.15, 0.2) is 0 Å². The number of hydrogen-bond acceptors (Lipinski definition) is 3. The molecule has 0 unspecified atom stereocenters. The fourth-order valence-electron chi connectivity index (χ4n) is 3.84. The molecule has 0 atom stereocenters. The first kappa shape index (κ1) is 18.2. The first-order valence-electron chi connectivity index (χ1n) is 9.63. The molecular weight excluding hydrogens is 272 g/mol. The van der Waals surface area contributed by atoms with Crippen molar-refractivity contribution in [2.24, 2.45) is 17.8 Å². The Balaban J connectivity index is 0.000000188. The van der Waals surface area contributed by atoms with E-state index in [1.807, 2.05) is 0 Å². The molecule has 0 aromatic heterocycles. The van der Waals surface area contributed by atoms with Crippen LogP contribution in [-0.4, -0.2) is 60.8 Å². The van der Waals surface area contributed by atoms with Gasteiger partial charge in [0.1, 0.15) is 0 Å². The van der Waals surface area contributed by atoms with E-state index >= 15 is 0 Å². The summed E-state index contributed by atoms with van der Waals surface area (Å²) in [4.78, 5) is 4.95. The van der Waals surface area contributed by atoms with Gasteiger partial charge in [0, 0.05) is 19.6 Å². The van der Waals surface area contributed by atoms with E-state index < -0.39 is 0 Å². The SMILES string of the molecule is CC(C)C1CCN(CC2CCC2)CC1.CN1CCC(O)CC1. The molecule has 130 valence electrons. The molecule has 1 N–H and O–H groups in total. The van der Waals surface area contributed by atoms with E-state index in [-0.39, 0.29) is 6.10 Å². The van der Waals surface area contributed by atoms with Gasteiger partial charge in [-0.25, -0.2) is 0 Å². The second kappa shape index (κ2) is 9.24. The molecule has 0 bridgehead atoms. The largest absolute Gasteiger partial charge is 0.393 e. The highest BCUT2D eigenvalue weighted by Crippen LogP contribution is 2.30. The number of aliphatic hydroxyl groups excluding tert-OH is 1. The van der Waals surface area contributed by atoms with Crippen LogP contribution in [0.1, 0.15) is 58.8 Å². The molecule has 0 aromatic carbocycles. The number of rotatable bonds is 3. The van der Waals surface area contributed by atoms with Gasteiger partial charge < -0.3 is 14.9 Å². The van der Waals surface area contributed by atoms with E-state index in [2.05, 4.69) is 30.7 Å². The molecule has 0 radical (unpaired) electrons. The summed E-state index contributed by atoms with van der Waals surface area (Å²) >= 11 is 0. The van der Waals surface area contributed by atoms with Crippen LogP contribution in [-0.2, 0) is 0 Å². The van der Waals surface area contributed by atoms with Crippen LogP contribution in [0.4, 0.5) is 0 Å². The number of likely N-dealkylation sites (tertiary alicyclic amines) is 2. The number of piperidine rings is 2. The Labute approximate surface area is 138 Å². The van der Waals surface area contributed by atoms with Crippen LogP contribution in [0, 0.1) is 17.8 Å². The molecular formula is C19H38N2O. The highest BCUT2D eigenvalue weighted by Gasteiger charge is 2.25. The van der Waals surface area contributed by atoms with Gasteiger partial charge in [0.25, 0.3) is 0 Å². The predicted octanol–water partition coefficient (Wildman–Crippen LogP) is 3.23. The lowest BCUT2D eigenvalue weighted by Gasteiger charge is -2.38. The normalized spacial score (nSPS) is 26.6. The van der Waals surface area contributed by atoms with Crippen LogP contribution >= 0.6 is 0 Å². The molecule has 1 saturated carbocycles. The van der Waals surface area contributed by atoms with Crippen molar-refractivity contribution in [3.63, 3.8) is 0 Å². The highest BCUT2D eigenvalue weighted by atomic mass is 16.3. The highest BCUT2D eigenvalue weighted by molar-refractivity contribution is 4.79. The minimum absolute atomic E-state index is 0.0220. The minimum atomic E-state index is -0.0220. The molecule has 1 aliphatic carbocycles. The van der Waals surface area contributed by atoms with E-state index in [0.29, 0.717) is 0 Å². The molecule has 3 aliphatic rings.